The minimum atomic E-state index is -4.54. The SMILES string of the molecule is NC(=O)[C@H](Cc1c(Cl)cccc1Cl)NC(=O)[C@H](O)c1ccc(C(F)(F)F)cc1. The van der Waals surface area contributed by atoms with Crippen LogP contribution in [0.2, 0.25) is 10.0 Å². The number of hydrogen-bond acceptors (Lipinski definition) is 3. The fourth-order valence-electron chi connectivity index (χ4n) is 2.41. The van der Waals surface area contributed by atoms with Crippen LogP contribution in [0.3, 0.4) is 0 Å². The molecule has 0 spiro atoms. The van der Waals surface area contributed by atoms with Gasteiger partial charge in [0, 0.05) is 16.5 Å². The van der Waals surface area contributed by atoms with E-state index in [4.69, 9.17) is 28.9 Å². The molecule has 150 valence electrons. The van der Waals surface area contributed by atoms with Crippen LogP contribution in [0.15, 0.2) is 42.5 Å². The highest BCUT2D eigenvalue weighted by atomic mass is 35.5. The van der Waals surface area contributed by atoms with E-state index in [1.54, 1.807) is 18.2 Å². The summed E-state index contributed by atoms with van der Waals surface area (Å²) in [6, 6.07) is 6.85. The quantitative estimate of drug-likeness (QED) is 0.651. The van der Waals surface area contributed by atoms with Crippen molar-refractivity contribution in [1.29, 1.82) is 0 Å². The van der Waals surface area contributed by atoms with Crippen LogP contribution < -0.4 is 11.1 Å². The molecule has 0 aliphatic heterocycles. The van der Waals surface area contributed by atoms with Gasteiger partial charge in [-0.05, 0) is 35.4 Å². The molecule has 2 rings (SSSR count). The van der Waals surface area contributed by atoms with Crippen LogP contribution in [0, 0.1) is 0 Å². The molecule has 0 bridgehead atoms. The summed E-state index contributed by atoms with van der Waals surface area (Å²) in [5.74, 6) is -1.91. The second-order valence-electron chi connectivity index (χ2n) is 5.89. The van der Waals surface area contributed by atoms with E-state index in [9.17, 15) is 27.9 Å². The Labute approximate surface area is 168 Å². The summed E-state index contributed by atoms with van der Waals surface area (Å²) in [7, 11) is 0. The number of carbonyl (C=O) groups excluding carboxylic acids is 2. The monoisotopic (exact) mass is 434 g/mol. The van der Waals surface area contributed by atoms with Gasteiger partial charge >= 0.3 is 6.18 Å². The van der Waals surface area contributed by atoms with E-state index in [2.05, 4.69) is 5.32 Å². The number of nitrogens with two attached hydrogens (primary N) is 1. The number of alkyl halides is 3. The number of aliphatic hydroxyl groups excluding tert-OH is 1. The molecule has 2 atom stereocenters. The minimum absolute atomic E-state index is 0.0792. The Kier molecular flexibility index (Phi) is 6.92. The molecule has 28 heavy (non-hydrogen) atoms. The van der Waals surface area contributed by atoms with Gasteiger partial charge in [-0.1, -0.05) is 41.4 Å². The van der Waals surface area contributed by atoms with Gasteiger partial charge in [-0.2, -0.15) is 13.2 Å². The van der Waals surface area contributed by atoms with Gasteiger partial charge in [0.15, 0.2) is 6.10 Å². The molecule has 0 unspecified atom stereocenters. The van der Waals surface area contributed by atoms with E-state index in [1.807, 2.05) is 0 Å². The van der Waals surface area contributed by atoms with Crippen molar-refractivity contribution in [3.05, 3.63) is 69.2 Å². The highest BCUT2D eigenvalue weighted by Gasteiger charge is 2.31. The maximum atomic E-state index is 12.6. The third kappa shape index (κ3) is 5.37. The number of aliphatic hydroxyl groups is 1. The Morgan fingerprint density at radius 2 is 1.61 bits per heavy atom. The summed E-state index contributed by atoms with van der Waals surface area (Å²) in [6.07, 6.45) is -6.47. The number of nitrogens with one attached hydrogen (secondary N) is 1. The summed E-state index contributed by atoms with van der Waals surface area (Å²) in [5.41, 5.74) is 4.66. The Hall–Kier alpha value is -2.29. The Balaban J connectivity index is 2.14. The van der Waals surface area contributed by atoms with Crippen LogP contribution in [0.5, 0.6) is 0 Å². The third-order valence-corrected chi connectivity index (χ3v) is 4.64. The molecule has 0 aliphatic rings. The number of benzene rings is 2. The molecular weight excluding hydrogens is 420 g/mol. The number of amides is 2. The largest absolute Gasteiger partial charge is 0.416 e. The van der Waals surface area contributed by atoms with Gasteiger partial charge in [0.2, 0.25) is 5.91 Å². The lowest BCUT2D eigenvalue weighted by atomic mass is 10.0. The smallest absolute Gasteiger partial charge is 0.378 e. The number of halogens is 5. The first-order valence-corrected chi connectivity index (χ1v) is 8.64. The van der Waals surface area contributed by atoms with Gasteiger partial charge in [0.1, 0.15) is 6.04 Å². The zero-order chi connectivity index (χ0) is 21.1. The Morgan fingerprint density at radius 3 is 2.07 bits per heavy atom. The molecule has 2 amide bonds. The molecule has 2 aromatic carbocycles. The van der Waals surface area contributed by atoms with Crippen molar-refractivity contribution in [3.8, 4) is 0 Å². The van der Waals surface area contributed by atoms with E-state index < -0.39 is 35.7 Å². The number of hydrogen-bond donors (Lipinski definition) is 3. The zero-order valence-corrected chi connectivity index (χ0v) is 15.6. The van der Waals surface area contributed by atoms with Gasteiger partial charge in [0.05, 0.1) is 5.56 Å². The van der Waals surface area contributed by atoms with Crippen LogP contribution in [-0.2, 0) is 22.2 Å². The maximum absolute atomic E-state index is 12.6. The lowest BCUT2D eigenvalue weighted by molar-refractivity contribution is -0.137. The number of primary amides is 1. The van der Waals surface area contributed by atoms with E-state index >= 15 is 0 Å². The van der Waals surface area contributed by atoms with Crippen molar-refractivity contribution in [2.24, 2.45) is 5.73 Å². The van der Waals surface area contributed by atoms with E-state index in [1.165, 1.54) is 0 Å². The molecule has 5 nitrogen and oxygen atoms in total. The summed E-state index contributed by atoms with van der Waals surface area (Å²) in [5, 5.41) is 12.9. The van der Waals surface area contributed by atoms with Gasteiger partial charge in [0.25, 0.3) is 5.91 Å². The second kappa shape index (κ2) is 8.81. The molecule has 0 saturated carbocycles. The molecule has 10 heteroatoms. The van der Waals surface area contributed by atoms with Crippen molar-refractivity contribution in [2.75, 3.05) is 0 Å². The first-order chi connectivity index (χ1) is 13.0. The second-order valence-corrected chi connectivity index (χ2v) is 6.70. The van der Waals surface area contributed by atoms with Gasteiger partial charge in [-0.25, -0.2) is 0 Å². The topological polar surface area (TPSA) is 92.4 Å². The summed E-state index contributed by atoms with van der Waals surface area (Å²) in [6.45, 7) is 0. The van der Waals surface area contributed by atoms with E-state index in [-0.39, 0.29) is 22.0 Å². The van der Waals surface area contributed by atoms with Crippen molar-refractivity contribution in [1.82, 2.24) is 5.32 Å². The molecule has 0 saturated heterocycles. The third-order valence-electron chi connectivity index (χ3n) is 3.93. The maximum Gasteiger partial charge on any atom is 0.416 e. The fraction of sp³-hybridized carbons (Fsp3) is 0.222. The summed E-state index contributed by atoms with van der Waals surface area (Å²) in [4.78, 5) is 23.9. The predicted molar refractivity (Wildman–Crippen MR) is 97.7 cm³/mol. The molecule has 0 aromatic heterocycles. The molecular formula is C18H15Cl2F3N2O3. The first kappa shape index (κ1) is 22.0. The lowest BCUT2D eigenvalue weighted by Gasteiger charge is -2.19. The van der Waals surface area contributed by atoms with Crippen LogP contribution in [0.25, 0.3) is 0 Å². The van der Waals surface area contributed by atoms with Crippen LogP contribution >= 0.6 is 23.2 Å². The molecule has 0 heterocycles. The average Bonchev–Trinajstić information content (AvgIpc) is 2.62. The van der Waals surface area contributed by atoms with Crippen molar-refractivity contribution in [3.63, 3.8) is 0 Å². The number of rotatable bonds is 6. The zero-order valence-electron chi connectivity index (χ0n) is 14.1. The number of carbonyl (C=O) groups is 2. The van der Waals surface area contributed by atoms with Crippen molar-refractivity contribution in [2.45, 2.75) is 24.7 Å². The van der Waals surface area contributed by atoms with Crippen LogP contribution in [0.1, 0.15) is 22.8 Å². The standard InChI is InChI=1S/C18H15Cl2F3N2O3/c19-12-2-1-3-13(20)11(12)8-14(16(24)27)25-17(28)15(26)9-4-6-10(7-5-9)18(21,22)23/h1-7,14-15,26H,8H2,(H2,24,27)(H,25,28)/t14-,15+/m0/s1. The molecule has 4 N–H and O–H groups in total. The van der Waals surface area contributed by atoms with Gasteiger partial charge in [-0.15, -0.1) is 0 Å². The van der Waals surface area contributed by atoms with Crippen molar-refractivity contribution < 1.29 is 27.9 Å². The summed E-state index contributed by atoms with van der Waals surface area (Å²) < 4.78 is 37.8. The molecule has 0 aliphatic carbocycles. The molecule has 0 fully saturated rings. The predicted octanol–water partition coefficient (Wildman–Crippen LogP) is 3.26. The van der Waals surface area contributed by atoms with E-state index in [0.717, 1.165) is 24.3 Å². The average molecular weight is 435 g/mol. The van der Waals surface area contributed by atoms with Gasteiger partial charge < -0.3 is 16.2 Å². The van der Waals surface area contributed by atoms with Crippen molar-refractivity contribution >= 4 is 35.0 Å². The molecule has 2 aromatic rings. The highest BCUT2D eigenvalue weighted by Crippen LogP contribution is 2.30. The lowest BCUT2D eigenvalue weighted by Crippen LogP contribution is -2.47. The van der Waals surface area contributed by atoms with Crippen LogP contribution in [-0.4, -0.2) is 23.0 Å². The first-order valence-electron chi connectivity index (χ1n) is 7.88. The summed E-state index contributed by atoms with van der Waals surface area (Å²) >= 11 is 12.1. The Morgan fingerprint density at radius 1 is 1.07 bits per heavy atom. The minimum Gasteiger partial charge on any atom is -0.378 e. The normalized spacial score (nSPS) is 13.6. The fourth-order valence-corrected chi connectivity index (χ4v) is 2.96. The Bertz CT molecular complexity index is 853. The molecule has 0 radical (unpaired) electrons. The highest BCUT2D eigenvalue weighted by molar-refractivity contribution is 6.36. The van der Waals surface area contributed by atoms with E-state index in [0.29, 0.717) is 5.56 Å². The van der Waals surface area contributed by atoms with Crippen LogP contribution in [0.4, 0.5) is 13.2 Å². The van der Waals surface area contributed by atoms with Gasteiger partial charge in [-0.3, -0.25) is 9.59 Å².